The number of hydrogen-bond donors (Lipinski definition) is 0. The smallest absolute Gasteiger partial charge is 0.429 e. The van der Waals surface area contributed by atoms with Crippen molar-refractivity contribution in [3.05, 3.63) is 71.8 Å². The summed E-state index contributed by atoms with van der Waals surface area (Å²) >= 11 is 5.59. The van der Waals surface area contributed by atoms with E-state index in [1.54, 1.807) is 42.5 Å². The van der Waals surface area contributed by atoms with Crippen LogP contribution >= 0.6 is 11.6 Å². The van der Waals surface area contributed by atoms with Crippen LogP contribution in [0.4, 0.5) is 13.2 Å². The van der Waals surface area contributed by atoms with Crippen molar-refractivity contribution in [1.82, 2.24) is 15.0 Å². The van der Waals surface area contributed by atoms with Crippen LogP contribution in [0.2, 0.25) is 5.28 Å². The molecular formula is C17H11ClF3N3O. The Labute approximate surface area is 146 Å². The van der Waals surface area contributed by atoms with E-state index in [1.165, 1.54) is 12.1 Å². The molecule has 0 N–H and O–H groups in total. The monoisotopic (exact) mass is 365 g/mol. The molecule has 1 atom stereocenters. The second-order valence-electron chi connectivity index (χ2n) is 5.03. The second-order valence-corrected chi connectivity index (χ2v) is 5.37. The van der Waals surface area contributed by atoms with Crippen LogP contribution in [0.15, 0.2) is 60.9 Å². The lowest BCUT2D eigenvalue weighted by Gasteiger charge is -2.23. The molecule has 0 bridgehead atoms. The van der Waals surface area contributed by atoms with Gasteiger partial charge in [0.1, 0.15) is 6.33 Å². The van der Waals surface area contributed by atoms with Crippen LogP contribution in [0.1, 0.15) is 11.7 Å². The highest BCUT2D eigenvalue weighted by atomic mass is 35.5. The molecule has 25 heavy (non-hydrogen) atoms. The predicted octanol–water partition coefficient (Wildman–Crippen LogP) is 4.87. The highest BCUT2D eigenvalue weighted by Crippen LogP contribution is 2.40. The molecule has 3 rings (SSSR count). The minimum atomic E-state index is -4.68. The first-order valence-corrected chi connectivity index (χ1v) is 7.55. The summed E-state index contributed by atoms with van der Waals surface area (Å²) in [5, 5.41) is -0.248. The van der Waals surface area contributed by atoms with Crippen LogP contribution < -0.4 is 4.74 Å². The molecule has 2 aromatic carbocycles. The number of benzene rings is 2. The predicted molar refractivity (Wildman–Crippen MR) is 86.1 cm³/mol. The van der Waals surface area contributed by atoms with Crippen molar-refractivity contribution in [3.8, 4) is 17.1 Å². The van der Waals surface area contributed by atoms with Crippen molar-refractivity contribution in [2.24, 2.45) is 0 Å². The summed E-state index contributed by atoms with van der Waals surface area (Å²) in [7, 11) is 0. The third-order valence-corrected chi connectivity index (χ3v) is 3.55. The minimum Gasteiger partial charge on any atom is -0.445 e. The lowest BCUT2D eigenvalue weighted by atomic mass is 9.96. The van der Waals surface area contributed by atoms with Gasteiger partial charge < -0.3 is 4.74 Å². The second kappa shape index (κ2) is 7.06. The molecule has 1 aromatic heterocycles. The largest absolute Gasteiger partial charge is 0.445 e. The van der Waals surface area contributed by atoms with Crippen molar-refractivity contribution in [2.45, 2.75) is 12.3 Å². The van der Waals surface area contributed by atoms with Crippen molar-refractivity contribution >= 4 is 11.6 Å². The fourth-order valence-corrected chi connectivity index (χ4v) is 2.45. The standard InChI is InChI=1S/C17H11ClF3N3O/c18-15-22-10-23-16(24-15)25-14(17(19,20)21)13-9-5-4-8-12(13)11-6-2-1-3-7-11/h1-10,14H. The summed E-state index contributed by atoms with van der Waals surface area (Å²) in [5.41, 5.74) is 1.01. The average molecular weight is 366 g/mol. The molecule has 128 valence electrons. The van der Waals surface area contributed by atoms with E-state index >= 15 is 0 Å². The molecule has 1 unspecified atom stereocenters. The lowest BCUT2D eigenvalue weighted by molar-refractivity contribution is -0.199. The Hall–Kier alpha value is -2.67. The molecule has 8 heteroatoms. The van der Waals surface area contributed by atoms with E-state index in [0.29, 0.717) is 11.1 Å². The Morgan fingerprint density at radius 1 is 0.920 bits per heavy atom. The summed E-state index contributed by atoms with van der Waals surface area (Å²) < 4.78 is 46.0. The number of ether oxygens (including phenoxy) is 1. The van der Waals surface area contributed by atoms with Gasteiger partial charge >= 0.3 is 12.2 Å². The van der Waals surface area contributed by atoms with Crippen molar-refractivity contribution < 1.29 is 17.9 Å². The van der Waals surface area contributed by atoms with Gasteiger partial charge in [0.05, 0.1) is 0 Å². The summed E-state index contributed by atoms with van der Waals surface area (Å²) in [5.74, 6) is 0. The highest BCUT2D eigenvalue weighted by Gasteiger charge is 2.44. The fourth-order valence-electron chi connectivity index (χ4n) is 2.34. The van der Waals surface area contributed by atoms with Crippen LogP contribution in [0.5, 0.6) is 6.01 Å². The molecule has 0 saturated heterocycles. The normalized spacial score (nSPS) is 12.6. The van der Waals surface area contributed by atoms with Crippen molar-refractivity contribution in [3.63, 3.8) is 0 Å². The zero-order valence-electron chi connectivity index (χ0n) is 12.6. The zero-order valence-corrected chi connectivity index (χ0v) is 13.4. The van der Waals surface area contributed by atoms with Gasteiger partial charge in [0.15, 0.2) is 0 Å². The summed E-state index contributed by atoms with van der Waals surface area (Å²) in [4.78, 5) is 10.7. The van der Waals surface area contributed by atoms with Gasteiger partial charge in [-0.25, -0.2) is 4.98 Å². The van der Waals surface area contributed by atoms with Gasteiger partial charge in [0.2, 0.25) is 11.4 Å². The maximum Gasteiger partial charge on any atom is 0.429 e. The molecule has 0 radical (unpaired) electrons. The SMILES string of the molecule is FC(F)(F)C(Oc1ncnc(Cl)n1)c1ccccc1-c1ccccc1. The first-order chi connectivity index (χ1) is 11.9. The third kappa shape index (κ3) is 4.06. The van der Waals surface area contributed by atoms with E-state index in [9.17, 15) is 13.2 Å². The maximum absolute atomic E-state index is 13.7. The molecule has 4 nitrogen and oxygen atoms in total. The molecule has 0 amide bonds. The van der Waals surface area contributed by atoms with Gasteiger partial charge in [0.25, 0.3) is 0 Å². The Kier molecular flexibility index (Phi) is 4.85. The minimum absolute atomic E-state index is 0.0438. The van der Waals surface area contributed by atoms with E-state index in [4.69, 9.17) is 16.3 Å². The molecule has 0 aliphatic carbocycles. The summed E-state index contributed by atoms with van der Waals surface area (Å²) in [6, 6.07) is 14.4. The molecular weight excluding hydrogens is 355 g/mol. The van der Waals surface area contributed by atoms with Gasteiger partial charge in [-0.1, -0.05) is 54.6 Å². The quantitative estimate of drug-likeness (QED) is 0.661. The van der Waals surface area contributed by atoms with Crippen LogP contribution in [0, 0.1) is 0 Å². The number of rotatable bonds is 4. The van der Waals surface area contributed by atoms with Crippen molar-refractivity contribution in [1.29, 1.82) is 0 Å². The number of halogens is 4. The molecule has 3 aromatic rings. The Bertz CT molecular complexity index is 859. The zero-order chi connectivity index (χ0) is 17.9. The fraction of sp³-hybridized carbons (Fsp3) is 0.118. The van der Waals surface area contributed by atoms with Crippen molar-refractivity contribution in [2.75, 3.05) is 0 Å². The van der Waals surface area contributed by atoms with Gasteiger partial charge in [0, 0.05) is 5.56 Å². The Morgan fingerprint density at radius 3 is 2.28 bits per heavy atom. The van der Waals surface area contributed by atoms with E-state index in [2.05, 4.69) is 15.0 Å². The van der Waals surface area contributed by atoms with E-state index in [-0.39, 0.29) is 10.8 Å². The van der Waals surface area contributed by atoms with Crippen LogP contribution in [0.3, 0.4) is 0 Å². The highest BCUT2D eigenvalue weighted by molar-refractivity contribution is 6.28. The number of aromatic nitrogens is 3. The third-order valence-electron chi connectivity index (χ3n) is 3.37. The summed E-state index contributed by atoms with van der Waals surface area (Å²) in [6.45, 7) is 0. The Morgan fingerprint density at radius 2 is 1.60 bits per heavy atom. The molecule has 0 aliphatic rings. The van der Waals surface area contributed by atoms with Gasteiger partial charge in [-0.05, 0) is 22.7 Å². The average Bonchev–Trinajstić information content (AvgIpc) is 2.60. The first-order valence-electron chi connectivity index (χ1n) is 7.17. The van der Waals surface area contributed by atoms with E-state index < -0.39 is 18.3 Å². The van der Waals surface area contributed by atoms with E-state index in [1.807, 2.05) is 0 Å². The first kappa shape index (κ1) is 17.2. The van der Waals surface area contributed by atoms with Gasteiger partial charge in [-0.2, -0.15) is 23.1 Å². The van der Waals surface area contributed by atoms with Crippen LogP contribution in [0.25, 0.3) is 11.1 Å². The number of alkyl halides is 3. The molecule has 0 spiro atoms. The molecule has 1 heterocycles. The van der Waals surface area contributed by atoms with Gasteiger partial charge in [-0.15, -0.1) is 0 Å². The molecule has 0 fully saturated rings. The Balaban J connectivity index is 2.06. The lowest BCUT2D eigenvalue weighted by Crippen LogP contribution is -2.27. The maximum atomic E-state index is 13.7. The summed E-state index contributed by atoms with van der Waals surface area (Å²) in [6.07, 6.45) is -5.94. The van der Waals surface area contributed by atoms with E-state index in [0.717, 1.165) is 6.33 Å². The van der Waals surface area contributed by atoms with Gasteiger partial charge in [-0.3, -0.25) is 0 Å². The number of hydrogen-bond acceptors (Lipinski definition) is 4. The topological polar surface area (TPSA) is 47.9 Å². The molecule has 0 aliphatic heterocycles. The van der Waals surface area contributed by atoms with Crippen LogP contribution in [-0.2, 0) is 0 Å². The van der Waals surface area contributed by atoms with Crippen LogP contribution in [-0.4, -0.2) is 21.1 Å². The molecule has 0 saturated carbocycles. The number of nitrogens with zero attached hydrogens (tertiary/aromatic N) is 3.